The molecule has 4 aromatic rings. The van der Waals surface area contributed by atoms with Gasteiger partial charge >= 0.3 is 6.18 Å². The van der Waals surface area contributed by atoms with Crippen LogP contribution < -0.4 is 15.0 Å². The Kier molecular flexibility index (Phi) is 6.26. The highest BCUT2D eigenvalue weighted by Crippen LogP contribution is 2.36. The van der Waals surface area contributed by atoms with Gasteiger partial charge in [0.25, 0.3) is 5.56 Å². The Morgan fingerprint density at radius 3 is 2.50 bits per heavy atom. The molecule has 5 rings (SSSR count). The third-order valence-corrected chi connectivity index (χ3v) is 6.07. The number of nitrogens with zero attached hydrogens (tertiary/aromatic N) is 2. The zero-order valence-corrected chi connectivity index (χ0v) is 19.5. The number of benzene rings is 2. The van der Waals surface area contributed by atoms with Gasteiger partial charge in [0.2, 0.25) is 0 Å². The lowest BCUT2D eigenvalue weighted by Crippen LogP contribution is -2.18. The van der Waals surface area contributed by atoms with E-state index in [1.165, 1.54) is 16.5 Å². The molecule has 5 nitrogen and oxygen atoms in total. The van der Waals surface area contributed by atoms with Crippen LogP contribution in [-0.4, -0.2) is 23.1 Å². The number of fused-ring (bicyclic) bond motifs is 1. The molecule has 2 heterocycles. The number of methoxy groups -OCH3 is 1. The molecular weight excluding hydrogens is 469 g/mol. The highest BCUT2D eigenvalue weighted by molar-refractivity contribution is 5.81. The molecule has 1 fully saturated rings. The fourth-order valence-electron chi connectivity index (χ4n) is 3.96. The Bertz CT molecular complexity index is 1490. The number of alkyl halides is 3. The van der Waals surface area contributed by atoms with Crippen molar-refractivity contribution in [2.75, 3.05) is 13.7 Å². The maximum atomic E-state index is 13.4. The Hall–Kier alpha value is -4.07. The van der Waals surface area contributed by atoms with Gasteiger partial charge in [-0.2, -0.15) is 13.2 Å². The highest BCUT2D eigenvalue weighted by Gasteiger charge is 2.30. The van der Waals surface area contributed by atoms with Gasteiger partial charge < -0.3 is 9.47 Å². The van der Waals surface area contributed by atoms with Gasteiger partial charge in [0.05, 0.1) is 30.5 Å². The van der Waals surface area contributed by atoms with Crippen molar-refractivity contribution in [3.8, 4) is 22.6 Å². The molecule has 0 radical (unpaired) electrons. The zero-order chi connectivity index (χ0) is 25.3. The van der Waals surface area contributed by atoms with Crippen LogP contribution in [0.15, 0.2) is 71.7 Å². The van der Waals surface area contributed by atoms with Crippen LogP contribution >= 0.6 is 0 Å². The second-order valence-corrected chi connectivity index (χ2v) is 8.65. The Morgan fingerprint density at radius 1 is 1.03 bits per heavy atom. The summed E-state index contributed by atoms with van der Waals surface area (Å²) in [6, 6.07) is 15.2. The molecule has 1 saturated carbocycles. The summed E-state index contributed by atoms with van der Waals surface area (Å²) in [6.45, 7) is 0.591. The van der Waals surface area contributed by atoms with Crippen LogP contribution in [-0.2, 0) is 6.18 Å². The third kappa shape index (κ3) is 4.84. The molecule has 184 valence electrons. The average Bonchev–Trinajstić information content (AvgIpc) is 3.70. The number of para-hydroxylation sites is 1. The van der Waals surface area contributed by atoms with E-state index in [2.05, 4.69) is 4.98 Å². The molecule has 0 N–H and O–H groups in total. The van der Waals surface area contributed by atoms with Crippen LogP contribution in [0.2, 0.25) is 0 Å². The summed E-state index contributed by atoms with van der Waals surface area (Å²) in [4.78, 5) is 18.1. The number of aromatic nitrogens is 2. The summed E-state index contributed by atoms with van der Waals surface area (Å²) < 4.78 is 52.2. The van der Waals surface area contributed by atoms with Gasteiger partial charge in [0.1, 0.15) is 5.65 Å². The zero-order valence-electron chi connectivity index (χ0n) is 19.5. The molecule has 2 aromatic carbocycles. The minimum atomic E-state index is -4.47. The second kappa shape index (κ2) is 9.53. The lowest BCUT2D eigenvalue weighted by atomic mass is 10.0. The van der Waals surface area contributed by atoms with Crippen molar-refractivity contribution in [3.63, 3.8) is 0 Å². The molecule has 2 aromatic heterocycles. The Labute approximate surface area is 205 Å². The first-order valence-corrected chi connectivity index (χ1v) is 11.5. The summed E-state index contributed by atoms with van der Waals surface area (Å²) in [5.41, 5.74) is 0.877. The maximum absolute atomic E-state index is 13.4. The van der Waals surface area contributed by atoms with E-state index in [0.29, 0.717) is 40.9 Å². The largest absolute Gasteiger partial charge is 0.493 e. The molecule has 0 atom stereocenters. The van der Waals surface area contributed by atoms with Crippen molar-refractivity contribution in [2.24, 2.45) is 5.92 Å². The van der Waals surface area contributed by atoms with Crippen LogP contribution in [0.25, 0.3) is 28.9 Å². The molecule has 36 heavy (non-hydrogen) atoms. The Morgan fingerprint density at radius 2 is 1.81 bits per heavy atom. The van der Waals surface area contributed by atoms with Crippen molar-refractivity contribution in [3.05, 3.63) is 94.0 Å². The van der Waals surface area contributed by atoms with Gasteiger partial charge in [-0.15, -0.1) is 0 Å². The van der Waals surface area contributed by atoms with Crippen molar-refractivity contribution in [2.45, 2.75) is 19.0 Å². The summed E-state index contributed by atoms with van der Waals surface area (Å²) in [5, 5.41) is 0. The van der Waals surface area contributed by atoms with Gasteiger partial charge in [0, 0.05) is 11.8 Å². The minimum absolute atomic E-state index is 0.201. The van der Waals surface area contributed by atoms with E-state index in [4.69, 9.17) is 9.47 Å². The second-order valence-electron chi connectivity index (χ2n) is 8.65. The molecule has 1 aliphatic carbocycles. The van der Waals surface area contributed by atoms with Crippen LogP contribution in [0.1, 0.15) is 29.7 Å². The summed E-state index contributed by atoms with van der Waals surface area (Å²) >= 11 is 0. The smallest absolute Gasteiger partial charge is 0.416 e. The summed E-state index contributed by atoms with van der Waals surface area (Å²) in [5.74, 6) is 1.73. The van der Waals surface area contributed by atoms with E-state index < -0.39 is 11.7 Å². The molecule has 0 aliphatic heterocycles. The van der Waals surface area contributed by atoms with Gasteiger partial charge in [-0.1, -0.05) is 30.3 Å². The lowest BCUT2D eigenvalue weighted by Gasteiger charge is -2.13. The van der Waals surface area contributed by atoms with Crippen LogP contribution in [0.3, 0.4) is 0 Å². The fourth-order valence-corrected chi connectivity index (χ4v) is 3.96. The van der Waals surface area contributed by atoms with E-state index in [1.807, 2.05) is 18.2 Å². The molecule has 1 aliphatic rings. The molecule has 0 unspecified atom stereocenters. The van der Waals surface area contributed by atoms with Crippen LogP contribution in [0, 0.1) is 5.92 Å². The first-order chi connectivity index (χ1) is 17.3. The highest BCUT2D eigenvalue weighted by atomic mass is 19.4. The molecule has 0 saturated heterocycles. The molecular formula is C28H23F3N2O3. The van der Waals surface area contributed by atoms with Crippen molar-refractivity contribution in [1.29, 1.82) is 0 Å². The number of halogens is 3. The van der Waals surface area contributed by atoms with Gasteiger partial charge in [-0.3, -0.25) is 9.20 Å². The lowest BCUT2D eigenvalue weighted by molar-refractivity contribution is -0.137. The number of hydrogen-bond acceptors (Lipinski definition) is 4. The Balaban J connectivity index is 1.61. The number of ether oxygens (including phenoxy) is 2. The van der Waals surface area contributed by atoms with E-state index in [-0.39, 0.29) is 11.1 Å². The minimum Gasteiger partial charge on any atom is -0.493 e. The normalized spacial score (nSPS) is 13.9. The summed E-state index contributed by atoms with van der Waals surface area (Å²) in [7, 11) is 1.57. The first kappa shape index (κ1) is 23.7. The van der Waals surface area contributed by atoms with Crippen LogP contribution in [0.4, 0.5) is 13.2 Å². The standard InChI is InChI=1S/C28H23F3N2O3/c1-35-23-6-4-5-20(26(23)36-17-18-8-9-18)12-15-22-25(19-10-13-21(14-11-19)28(29,30)31)27(34)33-16-3-2-7-24(33)32-22/h2-7,10-16,18H,8-9,17H2,1H3. The van der Waals surface area contributed by atoms with Crippen molar-refractivity contribution < 1.29 is 22.6 Å². The number of rotatable bonds is 7. The van der Waals surface area contributed by atoms with Gasteiger partial charge in [0.15, 0.2) is 11.5 Å². The first-order valence-electron chi connectivity index (χ1n) is 11.5. The van der Waals surface area contributed by atoms with E-state index in [1.54, 1.807) is 43.7 Å². The maximum Gasteiger partial charge on any atom is 0.416 e. The van der Waals surface area contributed by atoms with Crippen molar-refractivity contribution >= 4 is 17.8 Å². The van der Waals surface area contributed by atoms with Gasteiger partial charge in [-0.25, -0.2) is 4.98 Å². The predicted octanol–water partition coefficient (Wildman–Crippen LogP) is 6.35. The average molecular weight is 492 g/mol. The number of pyridine rings is 1. The SMILES string of the molecule is COc1cccc(C=Cc2nc3ccccn3c(=O)c2-c2ccc(C(F)(F)F)cc2)c1OCC1CC1. The monoisotopic (exact) mass is 492 g/mol. The third-order valence-electron chi connectivity index (χ3n) is 6.07. The summed E-state index contributed by atoms with van der Waals surface area (Å²) in [6.07, 6.45) is 2.85. The fraction of sp³-hybridized carbons (Fsp3) is 0.214. The molecule has 0 amide bonds. The molecule has 8 heteroatoms. The quantitative estimate of drug-likeness (QED) is 0.302. The van der Waals surface area contributed by atoms with Crippen LogP contribution in [0.5, 0.6) is 11.5 Å². The topological polar surface area (TPSA) is 52.8 Å². The number of hydrogen-bond donors (Lipinski definition) is 0. The van der Waals surface area contributed by atoms with E-state index in [0.717, 1.165) is 30.5 Å². The van der Waals surface area contributed by atoms with E-state index >= 15 is 0 Å². The molecule has 0 bridgehead atoms. The predicted molar refractivity (Wildman–Crippen MR) is 132 cm³/mol. The van der Waals surface area contributed by atoms with E-state index in [9.17, 15) is 18.0 Å². The van der Waals surface area contributed by atoms with Crippen molar-refractivity contribution in [1.82, 2.24) is 9.38 Å². The van der Waals surface area contributed by atoms with Gasteiger partial charge in [-0.05, 0) is 66.8 Å². The molecule has 0 spiro atoms.